The largest absolute Gasteiger partial charge is 0.480 e. The van der Waals surface area contributed by atoms with E-state index in [2.05, 4.69) is 51.4 Å². The van der Waals surface area contributed by atoms with Crippen molar-refractivity contribution in [3.8, 4) is 0 Å². The van der Waals surface area contributed by atoms with Gasteiger partial charge in [0.05, 0.1) is 16.8 Å². The number of carboxylic acids is 1. The summed E-state index contributed by atoms with van der Waals surface area (Å²) in [6.45, 7) is 11.3. The first-order chi connectivity index (χ1) is 23.3. The number of halogens is 1. The van der Waals surface area contributed by atoms with Gasteiger partial charge in [-0.15, -0.1) is 0 Å². The quantitative estimate of drug-likeness (QED) is 0.209. The highest BCUT2D eigenvalue weighted by atomic mass is 32.2. The first kappa shape index (κ1) is 37.5. The van der Waals surface area contributed by atoms with Crippen molar-refractivity contribution < 1.29 is 32.3 Å². The summed E-state index contributed by atoms with van der Waals surface area (Å²) in [4.78, 5) is 49.7. The van der Waals surface area contributed by atoms with Crippen molar-refractivity contribution in [2.45, 2.75) is 31.2 Å². The van der Waals surface area contributed by atoms with Gasteiger partial charge in [0.15, 0.2) is 5.82 Å². The molecule has 4 rings (SSSR count). The summed E-state index contributed by atoms with van der Waals surface area (Å²) in [5, 5.41) is 13.0. The Bertz CT molecular complexity index is 1920. The molecule has 2 N–H and O–H groups in total. The van der Waals surface area contributed by atoms with Gasteiger partial charge in [0, 0.05) is 33.6 Å². The minimum Gasteiger partial charge on any atom is -0.480 e. The zero-order valence-electron chi connectivity index (χ0n) is 27.5. The lowest BCUT2D eigenvalue weighted by Gasteiger charge is -2.26. The van der Waals surface area contributed by atoms with E-state index in [1.807, 2.05) is 18.7 Å². The molecule has 0 unspecified atom stereocenters. The van der Waals surface area contributed by atoms with Gasteiger partial charge in [-0.2, -0.15) is 4.98 Å². The number of amides is 3. The van der Waals surface area contributed by atoms with E-state index >= 15 is 0 Å². The summed E-state index contributed by atoms with van der Waals surface area (Å²) < 4.78 is 41.1. The molecule has 0 saturated carbocycles. The summed E-state index contributed by atoms with van der Waals surface area (Å²) in [6, 6.07) is 8.93. The number of likely N-dealkylation sites (N-methyl/N-ethyl adjacent to an activating group) is 1. The first-order valence-electron chi connectivity index (χ1n) is 14.9. The molecule has 1 aromatic heterocycles. The Morgan fingerprint density at radius 3 is 2.14 bits per heavy atom. The lowest BCUT2D eigenvalue weighted by molar-refractivity contribution is -0.137. The number of hydrogen-bond acceptors (Lipinski definition) is 9. The number of carbonyl (C=O) groups excluding carboxylic acids is 2. The fourth-order valence-corrected chi connectivity index (χ4v) is 5.79. The molecule has 2 heterocycles. The molecule has 3 aromatic rings. The van der Waals surface area contributed by atoms with Gasteiger partial charge in [-0.25, -0.2) is 32.3 Å². The van der Waals surface area contributed by atoms with Crippen LogP contribution >= 0.6 is 0 Å². The van der Waals surface area contributed by atoms with Crippen LogP contribution in [0.15, 0.2) is 95.7 Å². The fraction of sp³-hybridized carbons (Fsp3) is 0.265. The van der Waals surface area contributed by atoms with Crippen molar-refractivity contribution >= 4 is 51.1 Å². The minimum atomic E-state index is -4.19. The molecule has 13 nitrogen and oxygen atoms in total. The molecule has 0 aliphatic carbocycles. The Morgan fingerprint density at radius 1 is 1.06 bits per heavy atom. The molecule has 1 atom stereocenters. The first-order valence-corrected chi connectivity index (χ1v) is 16.3. The van der Waals surface area contributed by atoms with Gasteiger partial charge >= 0.3 is 12.0 Å². The second-order valence-corrected chi connectivity index (χ2v) is 12.3. The molecule has 0 spiro atoms. The maximum Gasteiger partial charge on any atom is 0.331 e. The number of imide groups is 1. The maximum atomic E-state index is 13.5. The highest BCUT2D eigenvalue weighted by molar-refractivity contribution is 7.92. The predicted molar refractivity (Wildman–Crippen MR) is 184 cm³/mol. The number of carboxylic acid groups (broad SMARTS) is 1. The van der Waals surface area contributed by atoms with Crippen LogP contribution < -0.4 is 19.4 Å². The van der Waals surface area contributed by atoms with Crippen molar-refractivity contribution in [3.63, 3.8) is 0 Å². The highest BCUT2D eigenvalue weighted by Gasteiger charge is 2.35. The predicted octanol–water partition coefficient (Wildman–Crippen LogP) is 4.22. The van der Waals surface area contributed by atoms with Crippen LogP contribution in [0.1, 0.15) is 19.4 Å². The Kier molecular flexibility index (Phi) is 12.8. The van der Waals surface area contributed by atoms with Crippen molar-refractivity contribution in [2.24, 2.45) is 0 Å². The topological polar surface area (TPSA) is 156 Å². The second kappa shape index (κ2) is 16.8. The van der Waals surface area contributed by atoms with Crippen molar-refractivity contribution in [1.29, 1.82) is 0 Å². The number of aromatic nitrogens is 2. The lowest BCUT2D eigenvalue weighted by atomic mass is 10.1. The standard InChI is InChI=1S/C28H32FN7O6S.C6H4/c1-5-35(6-2)27-30-16-23(34(4)43(41,42)21-13-9-19(29)10-14-21)25(32-27)31-22(26(38)39)15-18-7-11-20(12-8-18)36-24(37)17-33(3)28(36)40;1-3-5-6-4-2/h7-14,16,22H,5-6,15,17H2,1-4H3,(H,38,39)(H,30,31,32);1-2H2/t22-;/m0./s1. The summed E-state index contributed by atoms with van der Waals surface area (Å²) in [5.41, 5.74) is 10.5. The third-order valence-electron chi connectivity index (χ3n) is 7.24. The van der Waals surface area contributed by atoms with E-state index in [4.69, 9.17) is 0 Å². The number of urea groups is 1. The second-order valence-electron chi connectivity index (χ2n) is 10.4. The molecule has 1 fully saturated rings. The van der Waals surface area contributed by atoms with Crippen molar-refractivity contribution in [3.05, 3.63) is 102 Å². The van der Waals surface area contributed by atoms with E-state index < -0.39 is 33.9 Å². The number of anilines is 4. The average molecular weight is 690 g/mol. The van der Waals surface area contributed by atoms with Crippen LogP contribution in [0.2, 0.25) is 0 Å². The molecule has 49 heavy (non-hydrogen) atoms. The van der Waals surface area contributed by atoms with E-state index in [-0.39, 0.29) is 41.2 Å². The molecule has 0 bridgehead atoms. The highest BCUT2D eigenvalue weighted by Crippen LogP contribution is 2.30. The van der Waals surface area contributed by atoms with Gasteiger partial charge in [0.1, 0.15) is 24.1 Å². The number of aliphatic carboxylic acids is 1. The van der Waals surface area contributed by atoms with Crippen LogP contribution in [-0.4, -0.2) is 86.1 Å². The molecule has 2 aromatic carbocycles. The fourth-order valence-electron chi connectivity index (χ4n) is 4.60. The van der Waals surface area contributed by atoms with Crippen LogP contribution in [0.25, 0.3) is 0 Å². The summed E-state index contributed by atoms with van der Waals surface area (Å²) >= 11 is 0. The van der Waals surface area contributed by atoms with Crippen LogP contribution in [0.4, 0.5) is 32.3 Å². The molecular formula is C34H36FN7O6S. The Morgan fingerprint density at radius 2 is 1.65 bits per heavy atom. The van der Waals surface area contributed by atoms with Crippen LogP contribution in [0.3, 0.4) is 0 Å². The average Bonchev–Trinajstić information content (AvgIpc) is 3.34. The lowest BCUT2D eigenvalue weighted by Crippen LogP contribution is -2.35. The smallest absolute Gasteiger partial charge is 0.331 e. The van der Waals surface area contributed by atoms with Gasteiger partial charge in [0.2, 0.25) is 5.95 Å². The molecule has 3 amide bonds. The molecule has 1 aliphatic rings. The molecular weight excluding hydrogens is 653 g/mol. The third-order valence-corrected chi connectivity index (χ3v) is 9.02. The Labute approximate surface area is 284 Å². The van der Waals surface area contributed by atoms with Gasteiger partial charge in [-0.3, -0.25) is 9.10 Å². The molecule has 1 aliphatic heterocycles. The SMILES string of the molecule is C=C=C=C=C=C.CCN(CC)c1ncc(N(C)S(=O)(=O)c2ccc(F)cc2)c(N[C@@H](Cc2ccc(N3C(=O)CN(C)C3=O)cc2)C(=O)O)n1. The van der Waals surface area contributed by atoms with Gasteiger partial charge in [-0.05, 0) is 80.4 Å². The van der Waals surface area contributed by atoms with E-state index in [0.29, 0.717) is 24.3 Å². The van der Waals surface area contributed by atoms with Crippen LogP contribution in [-0.2, 0) is 26.0 Å². The maximum absolute atomic E-state index is 13.5. The molecule has 256 valence electrons. The number of sulfonamides is 1. The van der Waals surface area contributed by atoms with Gasteiger partial charge in [-0.1, -0.05) is 23.6 Å². The van der Waals surface area contributed by atoms with Crippen LogP contribution in [0.5, 0.6) is 0 Å². The number of benzene rings is 2. The summed E-state index contributed by atoms with van der Waals surface area (Å²) in [5.74, 6) is -1.97. The number of carbonyl (C=O) groups is 3. The van der Waals surface area contributed by atoms with Crippen LogP contribution in [0, 0.1) is 5.82 Å². The number of nitrogens with one attached hydrogen (secondary N) is 1. The number of hydrogen-bond donors (Lipinski definition) is 2. The number of rotatable bonds is 12. The number of nitrogens with zero attached hydrogens (tertiary/aromatic N) is 6. The van der Waals surface area contributed by atoms with Gasteiger partial charge in [0.25, 0.3) is 15.9 Å². The Balaban J connectivity index is 0.000000992. The molecule has 0 radical (unpaired) electrons. The monoisotopic (exact) mass is 689 g/mol. The minimum absolute atomic E-state index is 0.0167. The van der Waals surface area contributed by atoms with E-state index in [1.165, 1.54) is 25.2 Å². The third kappa shape index (κ3) is 9.12. The van der Waals surface area contributed by atoms with E-state index in [9.17, 15) is 32.3 Å². The summed E-state index contributed by atoms with van der Waals surface area (Å²) in [7, 11) is -1.40. The van der Waals surface area contributed by atoms with Crippen molar-refractivity contribution in [2.75, 3.05) is 53.2 Å². The summed E-state index contributed by atoms with van der Waals surface area (Å²) in [6.07, 6.45) is 1.24. The zero-order chi connectivity index (χ0) is 36.3. The molecule has 1 saturated heterocycles. The van der Waals surface area contributed by atoms with E-state index in [1.54, 1.807) is 24.3 Å². The Hall–Kier alpha value is -5.93. The zero-order valence-corrected chi connectivity index (χ0v) is 28.3. The van der Waals surface area contributed by atoms with E-state index in [0.717, 1.165) is 33.5 Å². The normalized spacial score (nSPS) is 12.8. The van der Waals surface area contributed by atoms with Crippen molar-refractivity contribution in [1.82, 2.24) is 14.9 Å². The molecule has 15 heteroatoms. The van der Waals surface area contributed by atoms with Gasteiger partial charge < -0.3 is 20.2 Å².